The van der Waals surface area contributed by atoms with Gasteiger partial charge in [-0.2, -0.15) is 0 Å². The Morgan fingerprint density at radius 2 is 2.06 bits per heavy atom. The SMILES string of the molecule is NC(CC(=O)O)C(=O)N1CSC[C@H]1C(=O)O. The first-order valence-electron chi connectivity index (χ1n) is 4.52. The van der Waals surface area contributed by atoms with Crippen molar-refractivity contribution in [3.05, 3.63) is 0 Å². The normalized spacial score (nSPS) is 21.8. The summed E-state index contributed by atoms with van der Waals surface area (Å²) in [4.78, 5) is 33.9. The third-order valence-electron chi connectivity index (χ3n) is 2.16. The lowest BCUT2D eigenvalue weighted by molar-refractivity contribution is -0.149. The second kappa shape index (κ2) is 5.17. The van der Waals surface area contributed by atoms with Gasteiger partial charge in [0.05, 0.1) is 18.3 Å². The monoisotopic (exact) mass is 248 g/mol. The lowest BCUT2D eigenvalue weighted by atomic mass is 10.1. The molecule has 2 atom stereocenters. The van der Waals surface area contributed by atoms with Crippen LogP contribution in [0.1, 0.15) is 6.42 Å². The summed E-state index contributed by atoms with van der Waals surface area (Å²) in [5.41, 5.74) is 5.39. The number of carbonyl (C=O) groups is 3. The summed E-state index contributed by atoms with van der Waals surface area (Å²) in [5.74, 6) is -2.36. The number of carboxylic acids is 2. The van der Waals surface area contributed by atoms with Gasteiger partial charge >= 0.3 is 11.9 Å². The van der Waals surface area contributed by atoms with Gasteiger partial charge in [0.15, 0.2) is 0 Å². The maximum atomic E-state index is 11.7. The predicted octanol–water partition coefficient (Wildman–Crippen LogP) is -1.23. The van der Waals surface area contributed by atoms with Gasteiger partial charge in [-0.25, -0.2) is 4.79 Å². The highest BCUT2D eigenvalue weighted by atomic mass is 32.2. The van der Waals surface area contributed by atoms with Crippen LogP contribution in [0, 0.1) is 0 Å². The summed E-state index contributed by atoms with van der Waals surface area (Å²) >= 11 is 1.30. The van der Waals surface area contributed by atoms with Crippen LogP contribution in [0.4, 0.5) is 0 Å². The van der Waals surface area contributed by atoms with Crippen LogP contribution in [0.25, 0.3) is 0 Å². The molecule has 0 aliphatic carbocycles. The van der Waals surface area contributed by atoms with Crippen molar-refractivity contribution in [1.29, 1.82) is 0 Å². The highest BCUT2D eigenvalue weighted by Crippen LogP contribution is 2.21. The van der Waals surface area contributed by atoms with Crippen molar-refractivity contribution in [3.63, 3.8) is 0 Å². The molecular formula is C8H12N2O5S. The van der Waals surface area contributed by atoms with E-state index in [2.05, 4.69) is 0 Å². The number of hydrogen-bond donors (Lipinski definition) is 3. The Hall–Kier alpha value is -1.28. The first-order chi connectivity index (χ1) is 7.43. The summed E-state index contributed by atoms with van der Waals surface area (Å²) in [7, 11) is 0. The number of carboxylic acid groups (broad SMARTS) is 2. The molecule has 7 nitrogen and oxygen atoms in total. The van der Waals surface area contributed by atoms with E-state index in [1.165, 1.54) is 11.8 Å². The van der Waals surface area contributed by atoms with E-state index in [0.29, 0.717) is 5.75 Å². The van der Waals surface area contributed by atoms with Crippen LogP contribution in [0.15, 0.2) is 0 Å². The van der Waals surface area contributed by atoms with Crippen LogP contribution in [-0.4, -0.2) is 56.7 Å². The average molecular weight is 248 g/mol. The Kier molecular flexibility index (Phi) is 4.13. The molecule has 1 fully saturated rings. The standard InChI is InChI=1S/C8H12N2O5S/c9-4(1-6(11)12)7(13)10-3-16-2-5(10)8(14)15/h4-5H,1-3,9H2,(H,11,12)(H,14,15)/t4?,5-/m0/s1. The van der Waals surface area contributed by atoms with E-state index in [9.17, 15) is 14.4 Å². The van der Waals surface area contributed by atoms with Crippen molar-refractivity contribution in [2.45, 2.75) is 18.5 Å². The van der Waals surface area contributed by atoms with Crippen LogP contribution in [-0.2, 0) is 14.4 Å². The molecule has 0 aromatic heterocycles. The van der Waals surface area contributed by atoms with Gasteiger partial charge in [-0.15, -0.1) is 11.8 Å². The quantitative estimate of drug-likeness (QED) is 0.569. The van der Waals surface area contributed by atoms with Crippen molar-refractivity contribution < 1.29 is 24.6 Å². The van der Waals surface area contributed by atoms with Gasteiger partial charge in [-0.1, -0.05) is 0 Å². The molecule has 0 spiro atoms. The number of aliphatic carboxylic acids is 2. The van der Waals surface area contributed by atoms with E-state index in [1.54, 1.807) is 0 Å². The van der Waals surface area contributed by atoms with Crippen molar-refractivity contribution >= 4 is 29.6 Å². The van der Waals surface area contributed by atoms with Gasteiger partial charge in [0.1, 0.15) is 6.04 Å². The molecule has 0 saturated carbocycles. The molecule has 0 bridgehead atoms. The molecule has 0 aromatic carbocycles. The molecule has 90 valence electrons. The van der Waals surface area contributed by atoms with Gasteiger partial charge in [-0.05, 0) is 0 Å². The lowest BCUT2D eigenvalue weighted by Crippen LogP contribution is -2.49. The van der Waals surface area contributed by atoms with E-state index in [1.807, 2.05) is 0 Å². The minimum atomic E-state index is -1.18. The molecular weight excluding hydrogens is 236 g/mol. The molecule has 1 amide bonds. The van der Waals surface area contributed by atoms with Gasteiger partial charge in [0.25, 0.3) is 0 Å². The lowest BCUT2D eigenvalue weighted by Gasteiger charge is -2.23. The zero-order valence-corrected chi connectivity index (χ0v) is 9.14. The van der Waals surface area contributed by atoms with E-state index >= 15 is 0 Å². The number of rotatable bonds is 4. The summed E-state index contributed by atoms with van der Waals surface area (Å²) in [5, 5.41) is 17.3. The Balaban J connectivity index is 2.65. The largest absolute Gasteiger partial charge is 0.481 e. The topological polar surface area (TPSA) is 121 Å². The van der Waals surface area contributed by atoms with Crippen molar-refractivity contribution in [2.75, 3.05) is 11.6 Å². The summed E-state index contributed by atoms with van der Waals surface area (Å²) < 4.78 is 0. The third kappa shape index (κ3) is 2.86. The van der Waals surface area contributed by atoms with E-state index in [0.717, 1.165) is 4.90 Å². The molecule has 8 heteroatoms. The fraction of sp³-hybridized carbons (Fsp3) is 0.625. The van der Waals surface area contributed by atoms with E-state index in [4.69, 9.17) is 15.9 Å². The Labute approximate surface area is 95.6 Å². The summed E-state index contributed by atoms with van der Waals surface area (Å²) in [6.07, 6.45) is -0.494. The molecule has 1 aliphatic heterocycles. The van der Waals surface area contributed by atoms with Crippen molar-refractivity contribution in [2.24, 2.45) is 5.73 Å². The molecule has 16 heavy (non-hydrogen) atoms. The highest BCUT2D eigenvalue weighted by molar-refractivity contribution is 7.99. The molecule has 1 rings (SSSR count). The van der Waals surface area contributed by atoms with Crippen LogP contribution >= 0.6 is 11.8 Å². The maximum Gasteiger partial charge on any atom is 0.327 e. The van der Waals surface area contributed by atoms with Gasteiger partial charge in [0.2, 0.25) is 5.91 Å². The molecule has 0 aromatic rings. The molecule has 0 radical (unpaired) electrons. The van der Waals surface area contributed by atoms with Crippen LogP contribution in [0.5, 0.6) is 0 Å². The Morgan fingerprint density at radius 3 is 2.56 bits per heavy atom. The van der Waals surface area contributed by atoms with Crippen LogP contribution in [0.2, 0.25) is 0 Å². The third-order valence-corrected chi connectivity index (χ3v) is 3.17. The number of nitrogens with two attached hydrogens (primary N) is 1. The molecule has 1 heterocycles. The Bertz CT molecular complexity index is 322. The fourth-order valence-electron chi connectivity index (χ4n) is 1.35. The second-order valence-corrected chi connectivity index (χ2v) is 4.37. The molecule has 1 unspecified atom stereocenters. The van der Waals surface area contributed by atoms with Gasteiger partial charge < -0.3 is 20.8 Å². The second-order valence-electron chi connectivity index (χ2n) is 3.37. The smallest absolute Gasteiger partial charge is 0.327 e. The first kappa shape index (κ1) is 12.8. The summed E-state index contributed by atoms with van der Waals surface area (Å²) in [6, 6.07) is -2.09. The van der Waals surface area contributed by atoms with Gasteiger partial charge in [-0.3, -0.25) is 9.59 Å². The van der Waals surface area contributed by atoms with E-state index < -0.39 is 36.4 Å². The fourth-order valence-corrected chi connectivity index (χ4v) is 2.51. The van der Waals surface area contributed by atoms with Crippen LogP contribution < -0.4 is 5.73 Å². The highest BCUT2D eigenvalue weighted by Gasteiger charge is 2.36. The number of thioether (sulfide) groups is 1. The maximum absolute atomic E-state index is 11.7. The number of amides is 1. The van der Waals surface area contributed by atoms with Crippen molar-refractivity contribution in [1.82, 2.24) is 4.90 Å². The number of hydrogen-bond acceptors (Lipinski definition) is 5. The first-order valence-corrected chi connectivity index (χ1v) is 5.67. The van der Waals surface area contributed by atoms with Crippen molar-refractivity contribution in [3.8, 4) is 0 Å². The zero-order valence-electron chi connectivity index (χ0n) is 8.33. The Morgan fingerprint density at radius 1 is 1.44 bits per heavy atom. The van der Waals surface area contributed by atoms with Gasteiger partial charge in [0, 0.05) is 5.75 Å². The molecule has 1 saturated heterocycles. The summed E-state index contributed by atoms with van der Waals surface area (Å²) in [6.45, 7) is 0. The number of carbonyl (C=O) groups excluding carboxylic acids is 1. The molecule has 1 aliphatic rings. The van der Waals surface area contributed by atoms with E-state index in [-0.39, 0.29) is 5.88 Å². The predicted molar refractivity (Wildman–Crippen MR) is 55.8 cm³/mol. The minimum Gasteiger partial charge on any atom is -0.481 e. The zero-order chi connectivity index (χ0) is 12.3. The number of nitrogens with zero attached hydrogens (tertiary/aromatic N) is 1. The molecule has 4 N–H and O–H groups in total. The average Bonchev–Trinajstić information content (AvgIpc) is 2.63. The van der Waals surface area contributed by atoms with Crippen LogP contribution in [0.3, 0.4) is 0 Å². The minimum absolute atomic E-state index is 0.239.